The minimum Gasteiger partial charge on any atom is -0.390 e. The molecule has 2 atom stereocenters. The van der Waals surface area contributed by atoms with Crippen LogP contribution < -0.4 is 0 Å². The van der Waals surface area contributed by atoms with E-state index in [0.717, 1.165) is 25.7 Å². The number of sulfonamides is 1. The van der Waals surface area contributed by atoms with E-state index in [1.165, 1.54) is 22.8 Å². The standard InChI is InChI=1S/C14H19ClN2O3S/c15-12-4-7-16-9-13(12)21(19,20)17-8-6-14(18)5-2-1-3-11(14)10-17/h4,7,9,11,18H,1-3,5-6,8,10H2. The maximum absolute atomic E-state index is 12.7. The van der Waals surface area contributed by atoms with Gasteiger partial charge in [-0.25, -0.2) is 8.42 Å². The van der Waals surface area contributed by atoms with Crippen LogP contribution in [0.5, 0.6) is 0 Å². The number of pyridine rings is 1. The SMILES string of the molecule is O=S(=O)(c1cnccc1Cl)N1CCC2(O)CCCCC2C1. The van der Waals surface area contributed by atoms with Crippen molar-refractivity contribution in [3.8, 4) is 0 Å². The molecule has 1 aromatic heterocycles. The molecule has 2 fully saturated rings. The Balaban J connectivity index is 1.86. The summed E-state index contributed by atoms with van der Waals surface area (Å²) in [7, 11) is -3.64. The molecule has 21 heavy (non-hydrogen) atoms. The van der Waals surface area contributed by atoms with E-state index in [9.17, 15) is 13.5 Å². The Morgan fingerprint density at radius 3 is 2.95 bits per heavy atom. The van der Waals surface area contributed by atoms with E-state index in [2.05, 4.69) is 4.98 Å². The first-order valence-corrected chi connectivity index (χ1v) is 9.07. The predicted octanol–water partition coefficient (Wildman–Crippen LogP) is 2.05. The fraction of sp³-hybridized carbons (Fsp3) is 0.643. The number of hydrogen-bond donors (Lipinski definition) is 1. The number of fused-ring (bicyclic) bond motifs is 1. The van der Waals surface area contributed by atoms with Crippen LogP contribution in [0.1, 0.15) is 32.1 Å². The Hall–Kier alpha value is -0.690. The molecule has 116 valence electrons. The fourth-order valence-electron chi connectivity index (χ4n) is 3.45. The largest absolute Gasteiger partial charge is 0.390 e. The van der Waals surface area contributed by atoms with Gasteiger partial charge in [0, 0.05) is 31.4 Å². The third-order valence-electron chi connectivity index (χ3n) is 4.74. The first-order valence-electron chi connectivity index (χ1n) is 7.25. The van der Waals surface area contributed by atoms with Crippen molar-refractivity contribution >= 4 is 21.6 Å². The molecule has 0 spiro atoms. The van der Waals surface area contributed by atoms with Gasteiger partial charge in [0.25, 0.3) is 0 Å². The maximum Gasteiger partial charge on any atom is 0.246 e. The Bertz CT molecular complexity index is 637. The number of piperidine rings is 1. The lowest BCUT2D eigenvalue weighted by molar-refractivity contribution is -0.0816. The molecule has 1 aliphatic heterocycles. The smallest absolute Gasteiger partial charge is 0.246 e. The second kappa shape index (κ2) is 5.50. The number of halogens is 1. The van der Waals surface area contributed by atoms with Gasteiger partial charge in [-0.15, -0.1) is 0 Å². The molecule has 0 aromatic carbocycles. The minimum absolute atomic E-state index is 0.0187. The van der Waals surface area contributed by atoms with Crippen LogP contribution in [0.25, 0.3) is 0 Å². The van der Waals surface area contributed by atoms with Crippen LogP contribution in [-0.4, -0.2) is 41.5 Å². The summed E-state index contributed by atoms with van der Waals surface area (Å²) in [6.45, 7) is 0.699. The van der Waals surface area contributed by atoms with E-state index >= 15 is 0 Å². The normalized spacial score (nSPS) is 30.9. The van der Waals surface area contributed by atoms with E-state index in [1.54, 1.807) is 0 Å². The topological polar surface area (TPSA) is 70.5 Å². The molecule has 2 unspecified atom stereocenters. The van der Waals surface area contributed by atoms with Gasteiger partial charge in [-0.3, -0.25) is 4.98 Å². The molecular weight excluding hydrogens is 312 g/mol. The summed E-state index contributed by atoms with van der Waals surface area (Å²) in [6, 6.07) is 1.48. The lowest BCUT2D eigenvalue weighted by Gasteiger charge is -2.46. The van der Waals surface area contributed by atoms with Crippen LogP contribution in [0.2, 0.25) is 5.02 Å². The number of aromatic nitrogens is 1. The van der Waals surface area contributed by atoms with Crippen LogP contribution in [0.3, 0.4) is 0 Å². The fourth-order valence-corrected chi connectivity index (χ4v) is 5.34. The highest BCUT2D eigenvalue weighted by molar-refractivity contribution is 7.89. The predicted molar refractivity (Wildman–Crippen MR) is 79.5 cm³/mol. The number of hydrogen-bond acceptors (Lipinski definition) is 4. The second-order valence-corrected chi connectivity index (χ2v) is 8.28. The first-order chi connectivity index (χ1) is 9.93. The second-order valence-electron chi connectivity index (χ2n) is 5.97. The molecule has 5 nitrogen and oxygen atoms in total. The molecule has 1 saturated carbocycles. The molecule has 1 N–H and O–H groups in total. The summed E-state index contributed by atoms with van der Waals surface area (Å²) in [5, 5.41) is 10.8. The van der Waals surface area contributed by atoms with Gasteiger partial charge in [-0.05, 0) is 25.3 Å². The zero-order valence-electron chi connectivity index (χ0n) is 11.7. The van der Waals surface area contributed by atoms with E-state index < -0.39 is 15.6 Å². The van der Waals surface area contributed by atoms with Crippen LogP contribution >= 0.6 is 11.6 Å². The summed E-state index contributed by atoms with van der Waals surface area (Å²) >= 11 is 6.00. The molecule has 0 radical (unpaired) electrons. The average molecular weight is 331 g/mol. The molecule has 2 heterocycles. The summed E-state index contributed by atoms with van der Waals surface area (Å²) in [5.41, 5.74) is -0.691. The van der Waals surface area contributed by atoms with Gasteiger partial charge in [-0.2, -0.15) is 4.31 Å². The van der Waals surface area contributed by atoms with Gasteiger partial charge in [0.2, 0.25) is 10.0 Å². The monoisotopic (exact) mass is 330 g/mol. The molecular formula is C14H19ClN2O3S. The van der Waals surface area contributed by atoms with E-state index in [-0.39, 0.29) is 15.8 Å². The Morgan fingerprint density at radius 2 is 2.19 bits per heavy atom. The number of rotatable bonds is 2. The van der Waals surface area contributed by atoms with Crippen molar-refractivity contribution in [3.63, 3.8) is 0 Å². The third-order valence-corrected chi connectivity index (χ3v) is 7.08. The van der Waals surface area contributed by atoms with Gasteiger partial charge >= 0.3 is 0 Å². The third kappa shape index (κ3) is 2.70. The van der Waals surface area contributed by atoms with Gasteiger partial charge in [0.15, 0.2) is 0 Å². The van der Waals surface area contributed by atoms with Crippen LogP contribution in [0.4, 0.5) is 0 Å². The van der Waals surface area contributed by atoms with Crippen molar-refractivity contribution in [3.05, 3.63) is 23.5 Å². The van der Waals surface area contributed by atoms with Crippen molar-refractivity contribution < 1.29 is 13.5 Å². The van der Waals surface area contributed by atoms with Gasteiger partial charge in [-0.1, -0.05) is 24.4 Å². The Morgan fingerprint density at radius 1 is 1.38 bits per heavy atom. The van der Waals surface area contributed by atoms with Crippen molar-refractivity contribution in [2.75, 3.05) is 13.1 Å². The lowest BCUT2D eigenvalue weighted by Crippen LogP contribution is -2.54. The quantitative estimate of drug-likeness (QED) is 0.901. The van der Waals surface area contributed by atoms with Gasteiger partial charge < -0.3 is 5.11 Å². The molecule has 1 aromatic rings. The molecule has 7 heteroatoms. The Kier molecular flexibility index (Phi) is 3.98. The highest BCUT2D eigenvalue weighted by Crippen LogP contribution is 2.41. The highest BCUT2D eigenvalue weighted by atomic mass is 35.5. The average Bonchev–Trinajstić information content (AvgIpc) is 2.46. The van der Waals surface area contributed by atoms with E-state index in [4.69, 9.17) is 11.6 Å². The molecule has 0 amide bonds. The van der Waals surface area contributed by atoms with Gasteiger partial charge in [0.1, 0.15) is 4.90 Å². The molecule has 1 aliphatic carbocycles. The zero-order chi connectivity index (χ0) is 15.1. The maximum atomic E-state index is 12.7. The van der Waals surface area contributed by atoms with E-state index in [1.807, 2.05) is 0 Å². The molecule has 3 rings (SSSR count). The summed E-state index contributed by atoms with van der Waals surface area (Å²) in [6.07, 6.45) is 6.98. The number of nitrogens with zero attached hydrogens (tertiary/aromatic N) is 2. The van der Waals surface area contributed by atoms with E-state index in [0.29, 0.717) is 19.5 Å². The summed E-state index contributed by atoms with van der Waals surface area (Å²) in [4.78, 5) is 3.91. The highest BCUT2D eigenvalue weighted by Gasteiger charge is 2.45. The molecule has 0 bridgehead atoms. The van der Waals surface area contributed by atoms with Crippen LogP contribution in [0, 0.1) is 5.92 Å². The zero-order valence-corrected chi connectivity index (χ0v) is 13.3. The lowest BCUT2D eigenvalue weighted by atomic mass is 9.72. The van der Waals surface area contributed by atoms with Crippen LogP contribution in [-0.2, 0) is 10.0 Å². The summed E-state index contributed by atoms with van der Waals surface area (Å²) in [5.74, 6) is 0.0187. The molecule has 2 aliphatic rings. The number of aliphatic hydroxyl groups is 1. The molecule has 1 saturated heterocycles. The van der Waals surface area contributed by atoms with Crippen LogP contribution in [0.15, 0.2) is 23.4 Å². The van der Waals surface area contributed by atoms with Crippen molar-refractivity contribution in [2.45, 2.75) is 42.6 Å². The minimum atomic E-state index is -3.64. The summed E-state index contributed by atoms with van der Waals surface area (Å²) < 4.78 is 26.9. The van der Waals surface area contributed by atoms with Gasteiger partial charge in [0.05, 0.1) is 10.6 Å². The van der Waals surface area contributed by atoms with Crippen molar-refractivity contribution in [2.24, 2.45) is 5.92 Å². The van der Waals surface area contributed by atoms with Crippen molar-refractivity contribution in [1.82, 2.24) is 9.29 Å². The first kappa shape index (κ1) is 15.2. The Labute approximate surface area is 130 Å². The van der Waals surface area contributed by atoms with Crippen molar-refractivity contribution in [1.29, 1.82) is 0 Å².